The fraction of sp³-hybridized carbons (Fsp3) is 0.250. The largest absolute Gasteiger partial charge is 0.491 e. The van der Waals surface area contributed by atoms with Crippen molar-refractivity contribution in [3.63, 3.8) is 0 Å². The van der Waals surface area contributed by atoms with Crippen molar-refractivity contribution in [2.45, 2.75) is 13.3 Å². The van der Waals surface area contributed by atoms with Gasteiger partial charge in [-0.15, -0.1) is 0 Å². The molecule has 2 aromatic rings. The summed E-state index contributed by atoms with van der Waals surface area (Å²) in [6, 6.07) is 7.70. The van der Waals surface area contributed by atoms with E-state index in [2.05, 4.69) is 18.0 Å². The lowest BCUT2D eigenvalue weighted by Crippen LogP contribution is -2.09. The first kappa shape index (κ1) is 9.77. The number of ether oxygens (including phenoxy) is 1. The van der Waals surface area contributed by atoms with Crippen molar-refractivity contribution in [1.29, 1.82) is 0 Å². The summed E-state index contributed by atoms with van der Waals surface area (Å²) in [4.78, 5) is 14.3. The van der Waals surface area contributed by atoms with Crippen molar-refractivity contribution in [2.24, 2.45) is 0 Å². The average Bonchev–Trinajstić information content (AvgIpc) is 2.27. The van der Waals surface area contributed by atoms with Crippen LogP contribution in [0.3, 0.4) is 0 Å². The molecule has 3 nitrogen and oxygen atoms in total. The Morgan fingerprint density at radius 3 is 2.87 bits per heavy atom. The smallest absolute Gasteiger partial charge is 0.290 e. The van der Waals surface area contributed by atoms with Crippen LogP contribution in [0, 0.1) is 0 Å². The normalized spacial score (nSPS) is 10.5. The highest BCUT2D eigenvalue weighted by molar-refractivity contribution is 5.83. The van der Waals surface area contributed by atoms with Crippen LogP contribution < -0.4 is 10.3 Å². The molecule has 0 fully saturated rings. The molecule has 3 heteroatoms. The van der Waals surface area contributed by atoms with Gasteiger partial charge in [-0.05, 0) is 24.1 Å². The molecule has 2 rings (SSSR count). The number of aromatic amines is 1. The van der Waals surface area contributed by atoms with Crippen molar-refractivity contribution < 1.29 is 4.74 Å². The van der Waals surface area contributed by atoms with Crippen LogP contribution in [0.1, 0.15) is 12.5 Å². The lowest BCUT2D eigenvalue weighted by atomic mass is 10.1. The van der Waals surface area contributed by atoms with Crippen molar-refractivity contribution in [3.05, 3.63) is 40.2 Å². The van der Waals surface area contributed by atoms with Crippen LogP contribution in [0.15, 0.2) is 29.1 Å². The first-order chi connectivity index (χ1) is 7.26. The van der Waals surface area contributed by atoms with E-state index in [1.54, 1.807) is 6.07 Å². The van der Waals surface area contributed by atoms with Gasteiger partial charge in [0.1, 0.15) is 0 Å². The maximum atomic E-state index is 11.5. The molecule has 0 saturated carbocycles. The zero-order chi connectivity index (χ0) is 10.8. The molecule has 0 aliphatic carbocycles. The highest BCUT2D eigenvalue weighted by atomic mass is 16.5. The van der Waals surface area contributed by atoms with Gasteiger partial charge in [-0.3, -0.25) is 4.79 Å². The average molecular weight is 203 g/mol. The summed E-state index contributed by atoms with van der Waals surface area (Å²) in [5.41, 5.74) is 1.89. The van der Waals surface area contributed by atoms with Crippen LogP contribution in [0.4, 0.5) is 0 Å². The van der Waals surface area contributed by atoms with Gasteiger partial charge in [0.25, 0.3) is 5.56 Å². The Morgan fingerprint density at radius 1 is 1.40 bits per heavy atom. The van der Waals surface area contributed by atoms with Gasteiger partial charge >= 0.3 is 0 Å². The molecule has 1 aromatic carbocycles. The number of hydrogen-bond acceptors (Lipinski definition) is 2. The summed E-state index contributed by atoms with van der Waals surface area (Å²) in [5, 5.41) is 1.05. The number of benzene rings is 1. The lowest BCUT2D eigenvalue weighted by molar-refractivity contribution is 0.409. The SMILES string of the molecule is CCc1cccc2[nH]c(=O)c(OC)cc12. The second kappa shape index (κ2) is 3.77. The van der Waals surface area contributed by atoms with E-state index in [0.29, 0.717) is 5.75 Å². The molecule has 1 aromatic heterocycles. The monoisotopic (exact) mass is 203 g/mol. The molecule has 0 saturated heterocycles. The Bertz CT molecular complexity index is 543. The van der Waals surface area contributed by atoms with Gasteiger partial charge in [0.05, 0.1) is 7.11 Å². The summed E-state index contributed by atoms with van der Waals surface area (Å²) >= 11 is 0. The lowest BCUT2D eigenvalue weighted by Gasteiger charge is -2.05. The van der Waals surface area contributed by atoms with E-state index in [-0.39, 0.29) is 5.56 Å². The minimum absolute atomic E-state index is 0.182. The number of methoxy groups -OCH3 is 1. The molecule has 0 atom stereocenters. The van der Waals surface area contributed by atoms with Crippen LogP contribution in [0.25, 0.3) is 10.9 Å². The molecule has 78 valence electrons. The second-order valence-electron chi connectivity index (χ2n) is 3.40. The van der Waals surface area contributed by atoms with Gasteiger partial charge in [-0.25, -0.2) is 0 Å². The third-order valence-corrected chi connectivity index (χ3v) is 2.54. The number of nitrogens with one attached hydrogen (secondary N) is 1. The fourth-order valence-electron chi connectivity index (χ4n) is 1.73. The Balaban J connectivity index is 2.82. The summed E-state index contributed by atoms with van der Waals surface area (Å²) in [6.45, 7) is 2.09. The Kier molecular flexibility index (Phi) is 2.46. The summed E-state index contributed by atoms with van der Waals surface area (Å²) in [7, 11) is 1.50. The van der Waals surface area contributed by atoms with E-state index < -0.39 is 0 Å². The van der Waals surface area contributed by atoms with Gasteiger partial charge < -0.3 is 9.72 Å². The summed E-state index contributed by atoms with van der Waals surface area (Å²) in [6.07, 6.45) is 0.937. The zero-order valence-corrected chi connectivity index (χ0v) is 8.83. The van der Waals surface area contributed by atoms with Crippen molar-refractivity contribution in [3.8, 4) is 5.75 Å². The Morgan fingerprint density at radius 2 is 2.20 bits per heavy atom. The van der Waals surface area contributed by atoms with Gasteiger partial charge in [-0.1, -0.05) is 19.1 Å². The molecule has 0 amide bonds. The van der Waals surface area contributed by atoms with Crippen LogP contribution in [-0.4, -0.2) is 12.1 Å². The number of aromatic nitrogens is 1. The van der Waals surface area contributed by atoms with Gasteiger partial charge in [0.2, 0.25) is 0 Å². The third kappa shape index (κ3) is 1.61. The third-order valence-electron chi connectivity index (χ3n) is 2.54. The second-order valence-corrected chi connectivity index (χ2v) is 3.40. The molecule has 15 heavy (non-hydrogen) atoms. The number of H-pyrrole nitrogens is 1. The first-order valence-corrected chi connectivity index (χ1v) is 4.95. The molecule has 1 N–H and O–H groups in total. The standard InChI is InChI=1S/C12H13NO2/c1-3-8-5-4-6-10-9(8)7-11(15-2)12(14)13-10/h4-7H,3H2,1-2H3,(H,13,14). The summed E-state index contributed by atoms with van der Waals surface area (Å²) in [5.74, 6) is 0.364. The van der Waals surface area contributed by atoms with Crippen molar-refractivity contribution >= 4 is 10.9 Å². The Labute approximate surface area is 87.7 Å². The predicted molar refractivity (Wildman–Crippen MR) is 60.5 cm³/mol. The van der Waals surface area contributed by atoms with Crippen molar-refractivity contribution in [2.75, 3.05) is 7.11 Å². The first-order valence-electron chi connectivity index (χ1n) is 4.95. The number of aryl methyl sites for hydroxylation is 1. The van der Waals surface area contributed by atoms with E-state index in [1.165, 1.54) is 12.7 Å². The quantitative estimate of drug-likeness (QED) is 0.812. The molecule has 0 bridgehead atoms. The molecule has 0 aliphatic rings. The molecule has 0 aliphatic heterocycles. The predicted octanol–water partition coefficient (Wildman–Crippen LogP) is 2.10. The van der Waals surface area contributed by atoms with Crippen LogP contribution >= 0.6 is 0 Å². The fourth-order valence-corrected chi connectivity index (χ4v) is 1.73. The van der Waals surface area contributed by atoms with E-state index in [0.717, 1.165) is 17.3 Å². The van der Waals surface area contributed by atoms with Gasteiger partial charge in [0, 0.05) is 10.9 Å². The molecule has 0 spiro atoms. The molecule has 0 radical (unpaired) electrons. The highest BCUT2D eigenvalue weighted by Gasteiger charge is 2.04. The topological polar surface area (TPSA) is 42.1 Å². The van der Waals surface area contributed by atoms with Crippen LogP contribution in [0.2, 0.25) is 0 Å². The summed E-state index contributed by atoms with van der Waals surface area (Å²) < 4.78 is 5.01. The molecular formula is C12H13NO2. The van der Waals surface area contributed by atoms with Crippen LogP contribution in [0.5, 0.6) is 5.75 Å². The maximum Gasteiger partial charge on any atom is 0.290 e. The van der Waals surface area contributed by atoms with E-state index >= 15 is 0 Å². The van der Waals surface area contributed by atoms with E-state index in [9.17, 15) is 4.79 Å². The zero-order valence-electron chi connectivity index (χ0n) is 8.83. The van der Waals surface area contributed by atoms with Gasteiger partial charge in [0.15, 0.2) is 5.75 Å². The minimum Gasteiger partial charge on any atom is -0.491 e. The van der Waals surface area contributed by atoms with Crippen molar-refractivity contribution in [1.82, 2.24) is 4.98 Å². The highest BCUT2D eigenvalue weighted by Crippen LogP contribution is 2.19. The minimum atomic E-state index is -0.182. The van der Waals surface area contributed by atoms with Gasteiger partial charge in [-0.2, -0.15) is 0 Å². The van der Waals surface area contributed by atoms with E-state index in [4.69, 9.17) is 4.74 Å². The van der Waals surface area contributed by atoms with Crippen LogP contribution in [-0.2, 0) is 6.42 Å². The molecular weight excluding hydrogens is 190 g/mol. The molecule has 0 unspecified atom stereocenters. The maximum absolute atomic E-state index is 11.5. The number of rotatable bonds is 2. The number of hydrogen-bond donors (Lipinski definition) is 1. The number of pyridine rings is 1. The number of fused-ring (bicyclic) bond motifs is 1. The van der Waals surface area contributed by atoms with E-state index in [1.807, 2.05) is 12.1 Å². The Hall–Kier alpha value is -1.77. The molecule has 1 heterocycles.